The number of benzene rings is 4. The van der Waals surface area contributed by atoms with Crippen molar-refractivity contribution < 1.29 is 23.5 Å². The number of amides is 3. The molecule has 12 heteroatoms. The first kappa shape index (κ1) is 32.8. The van der Waals surface area contributed by atoms with Crippen LogP contribution in [0.25, 0.3) is 27.6 Å². The molecule has 0 bridgehead atoms. The van der Waals surface area contributed by atoms with Gasteiger partial charge in [0, 0.05) is 38.3 Å². The number of thioether (sulfide) groups is 1. The van der Waals surface area contributed by atoms with Gasteiger partial charge in [0.1, 0.15) is 23.0 Å². The fourth-order valence-corrected chi connectivity index (χ4v) is 6.33. The largest absolute Gasteiger partial charge is 0.497 e. The molecule has 6 rings (SSSR count). The lowest BCUT2D eigenvalue weighted by molar-refractivity contribution is -0.114. The maximum Gasteiger partial charge on any atom is 0.272 e. The van der Waals surface area contributed by atoms with Gasteiger partial charge in [0.05, 0.1) is 23.1 Å². The zero-order valence-electron chi connectivity index (χ0n) is 25.4. The molecule has 48 heavy (non-hydrogen) atoms. The number of halogens is 1. The number of methoxy groups -OCH3 is 1. The van der Waals surface area contributed by atoms with Crippen molar-refractivity contribution in [1.29, 1.82) is 0 Å². The van der Waals surface area contributed by atoms with Gasteiger partial charge in [0.15, 0.2) is 5.13 Å². The predicted molar refractivity (Wildman–Crippen MR) is 194 cm³/mol. The smallest absolute Gasteiger partial charge is 0.272 e. The molecule has 4 aromatic carbocycles. The molecule has 2 aromatic heterocycles. The minimum Gasteiger partial charge on any atom is -0.497 e. The number of hydrogen-bond acceptors (Lipinski definition) is 8. The van der Waals surface area contributed by atoms with Crippen LogP contribution in [0, 0.1) is 0 Å². The van der Waals surface area contributed by atoms with Gasteiger partial charge >= 0.3 is 0 Å². The van der Waals surface area contributed by atoms with Crippen LogP contribution in [-0.2, 0) is 9.59 Å². The Kier molecular flexibility index (Phi) is 10.3. The van der Waals surface area contributed by atoms with Crippen molar-refractivity contribution in [1.82, 2.24) is 10.3 Å². The summed E-state index contributed by atoms with van der Waals surface area (Å²) in [5.74, 6) is 0.727. The predicted octanol–water partition coefficient (Wildman–Crippen LogP) is 8.47. The molecule has 240 valence electrons. The van der Waals surface area contributed by atoms with Crippen LogP contribution >= 0.6 is 39.0 Å². The Morgan fingerprint density at radius 1 is 0.917 bits per heavy atom. The summed E-state index contributed by atoms with van der Waals surface area (Å²) in [6.45, 7) is 0. The van der Waals surface area contributed by atoms with E-state index in [1.54, 1.807) is 67.8 Å². The number of rotatable bonds is 11. The van der Waals surface area contributed by atoms with E-state index in [1.165, 1.54) is 29.2 Å². The van der Waals surface area contributed by atoms with Gasteiger partial charge in [0.2, 0.25) is 5.91 Å². The molecule has 0 aliphatic heterocycles. The number of carbonyl (C=O) groups is 3. The molecule has 0 spiro atoms. The van der Waals surface area contributed by atoms with E-state index >= 15 is 0 Å². The Labute approximate surface area is 292 Å². The number of aromatic nitrogens is 1. The molecule has 0 unspecified atom stereocenters. The molecule has 0 aliphatic rings. The molecular weight excluding hydrogens is 712 g/mol. The molecule has 2 heterocycles. The summed E-state index contributed by atoms with van der Waals surface area (Å²) in [4.78, 5) is 44.4. The number of hydrogen-bond donors (Lipinski definition) is 3. The second-order valence-electron chi connectivity index (χ2n) is 10.3. The maximum absolute atomic E-state index is 13.5. The quantitative estimate of drug-likeness (QED) is 0.0901. The molecule has 0 saturated heterocycles. The second kappa shape index (κ2) is 15.2. The van der Waals surface area contributed by atoms with E-state index in [1.807, 2.05) is 48.5 Å². The third-order valence-corrected chi connectivity index (χ3v) is 9.39. The van der Waals surface area contributed by atoms with Crippen LogP contribution in [0.2, 0.25) is 0 Å². The number of thiazole rings is 1. The Hall–Kier alpha value is -5.17. The van der Waals surface area contributed by atoms with Crippen LogP contribution in [0.3, 0.4) is 0 Å². The number of carbonyl (C=O) groups excluding carboxylic acids is 3. The first-order chi connectivity index (χ1) is 23.3. The minimum absolute atomic E-state index is 0.00368. The molecule has 9 nitrogen and oxygen atoms in total. The Balaban J connectivity index is 1.10. The van der Waals surface area contributed by atoms with Crippen molar-refractivity contribution >= 4 is 83.9 Å². The molecule has 0 saturated carbocycles. The number of anilines is 2. The Bertz CT molecular complexity index is 2110. The van der Waals surface area contributed by atoms with Gasteiger partial charge in [-0.1, -0.05) is 57.6 Å². The standard InChI is InChI=1S/C36H27BrN4O5S2/c1-45-26-14-18-32-29(19-26)40-36(48-32)41-33(42)21-47-28-15-11-25(12-16-28)38-35(44)30(39-34(43)23-5-3-2-4-6-23)20-27-13-17-31(46-27)22-7-9-24(37)10-8-22/h2-20H,21H2,1H3,(H,38,44)(H,39,43)(H,40,41,42)/b30-20-. The summed E-state index contributed by atoms with van der Waals surface area (Å²) in [6.07, 6.45) is 1.49. The minimum atomic E-state index is -0.533. The highest BCUT2D eigenvalue weighted by atomic mass is 79.9. The summed E-state index contributed by atoms with van der Waals surface area (Å²) in [6, 6.07) is 32.5. The lowest BCUT2D eigenvalue weighted by Crippen LogP contribution is -2.30. The SMILES string of the molecule is COc1ccc2sc(NC(=O)CSc3ccc(NC(=O)/C(=C/c4ccc(-c5ccc(Br)cc5)o4)NC(=O)c4ccccc4)cc3)nc2c1. The monoisotopic (exact) mass is 738 g/mol. The highest BCUT2D eigenvalue weighted by molar-refractivity contribution is 9.10. The van der Waals surface area contributed by atoms with Crippen molar-refractivity contribution in [2.45, 2.75) is 4.90 Å². The Morgan fingerprint density at radius 2 is 1.69 bits per heavy atom. The highest BCUT2D eigenvalue weighted by Gasteiger charge is 2.17. The summed E-state index contributed by atoms with van der Waals surface area (Å²) in [5, 5.41) is 8.92. The first-order valence-electron chi connectivity index (χ1n) is 14.6. The average molecular weight is 740 g/mol. The van der Waals surface area contributed by atoms with Crippen LogP contribution in [0.1, 0.15) is 16.1 Å². The maximum atomic E-state index is 13.5. The van der Waals surface area contributed by atoms with Gasteiger partial charge in [-0.05, 0) is 72.8 Å². The number of nitrogens with zero attached hydrogens (tertiary/aromatic N) is 1. The Morgan fingerprint density at radius 3 is 2.44 bits per heavy atom. The molecule has 6 aromatic rings. The summed E-state index contributed by atoms with van der Waals surface area (Å²) < 4.78 is 13.1. The zero-order chi connectivity index (χ0) is 33.5. The third kappa shape index (κ3) is 8.40. The number of fused-ring (bicyclic) bond motifs is 1. The zero-order valence-corrected chi connectivity index (χ0v) is 28.6. The van der Waals surface area contributed by atoms with E-state index in [0.29, 0.717) is 33.7 Å². The first-order valence-corrected chi connectivity index (χ1v) is 17.1. The van der Waals surface area contributed by atoms with Crippen LogP contribution in [0.4, 0.5) is 10.8 Å². The van der Waals surface area contributed by atoms with Crippen molar-refractivity contribution in [3.63, 3.8) is 0 Å². The van der Waals surface area contributed by atoms with Crippen LogP contribution < -0.4 is 20.7 Å². The van der Waals surface area contributed by atoms with Crippen LogP contribution in [0.5, 0.6) is 5.75 Å². The summed E-state index contributed by atoms with van der Waals surface area (Å²) in [7, 11) is 1.60. The van der Waals surface area contributed by atoms with E-state index in [2.05, 4.69) is 36.9 Å². The van der Waals surface area contributed by atoms with E-state index < -0.39 is 11.8 Å². The molecule has 3 N–H and O–H groups in total. The van der Waals surface area contributed by atoms with Gasteiger partial charge in [-0.15, -0.1) is 11.8 Å². The number of ether oxygens (including phenoxy) is 1. The number of furan rings is 1. The molecule has 0 fully saturated rings. The van der Waals surface area contributed by atoms with E-state index in [0.717, 1.165) is 25.1 Å². The van der Waals surface area contributed by atoms with E-state index in [-0.39, 0.29) is 17.4 Å². The topological polar surface area (TPSA) is 123 Å². The molecule has 3 amide bonds. The van der Waals surface area contributed by atoms with Crippen molar-refractivity contribution in [3.8, 4) is 17.1 Å². The summed E-state index contributed by atoms with van der Waals surface area (Å²) >= 11 is 6.18. The van der Waals surface area contributed by atoms with Gasteiger partial charge < -0.3 is 25.1 Å². The normalized spacial score (nSPS) is 11.2. The van der Waals surface area contributed by atoms with Gasteiger partial charge in [-0.25, -0.2) is 4.98 Å². The molecular formula is C36H27BrN4O5S2. The lowest BCUT2D eigenvalue weighted by atomic mass is 10.2. The van der Waals surface area contributed by atoms with Gasteiger partial charge in [0.25, 0.3) is 11.8 Å². The van der Waals surface area contributed by atoms with Crippen molar-refractivity contribution in [2.24, 2.45) is 0 Å². The number of nitrogens with one attached hydrogen (secondary N) is 3. The lowest BCUT2D eigenvalue weighted by Gasteiger charge is -2.11. The fraction of sp³-hybridized carbons (Fsp3) is 0.0556. The molecule has 0 atom stereocenters. The third-order valence-electron chi connectivity index (χ3n) is 6.89. The fourth-order valence-electron chi connectivity index (χ4n) is 4.51. The van der Waals surface area contributed by atoms with E-state index in [9.17, 15) is 14.4 Å². The van der Waals surface area contributed by atoms with Gasteiger partial charge in [-0.2, -0.15) is 0 Å². The highest BCUT2D eigenvalue weighted by Crippen LogP contribution is 2.30. The van der Waals surface area contributed by atoms with Gasteiger partial charge in [-0.3, -0.25) is 14.4 Å². The second-order valence-corrected chi connectivity index (χ2v) is 13.3. The van der Waals surface area contributed by atoms with Crippen LogP contribution in [0.15, 0.2) is 129 Å². The van der Waals surface area contributed by atoms with Crippen LogP contribution in [-0.4, -0.2) is 35.6 Å². The summed E-state index contributed by atoms with van der Waals surface area (Å²) in [5.41, 5.74) is 2.54. The van der Waals surface area contributed by atoms with Crippen molar-refractivity contribution in [2.75, 3.05) is 23.5 Å². The van der Waals surface area contributed by atoms with E-state index in [4.69, 9.17) is 9.15 Å². The molecule has 0 aliphatic carbocycles. The van der Waals surface area contributed by atoms with Crippen molar-refractivity contribution in [3.05, 3.63) is 131 Å². The molecule has 0 radical (unpaired) electrons. The average Bonchev–Trinajstić information content (AvgIpc) is 3.74.